The molecule has 2 aliphatic rings. The molecule has 0 amide bonds. The SMILES string of the molecule is C1=CCCCC(C2=CC=CCCC2)=C1.[Ru]. The second-order valence-electron chi connectivity index (χ2n) is 4.02. The summed E-state index contributed by atoms with van der Waals surface area (Å²) in [5.74, 6) is 0. The second-order valence-corrected chi connectivity index (χ2v) is 4.02. The molecule has 15 heavy (non-hydrogen) atoms. The van der Waals surface area contributed by atoms with Crippen LogP contribution in [0.25, 0.3) is 0 Å². The Morgan fingerprint density at radius 3 is 1.67 bits per heavy atom. The quantitative estimate of drug-likeness (QED) is 0.630. The summed E-state index contributed by atoms with van der Waals surface area (Å²) < 4.78 is 0. The Labute approximate surface area is 106 Å². The Kier molecular flexibility index (Phi) is 5.87. The van der Waals surface area contributed by atoms with Crippen LogP contribution < -0.4 is 0 Å². The third kappa shape index (κ3) is 3.91. The van der Waals surface area contributed by atoms with Crippen LogP contribution in [0.2, 0.25) is 0 Å². The Hall–Kier alpha value is -0.417. The zero-order chi connectivity index (χ0) is 9.64. The second kappa shape index (κ2) is 6.96. The molecule has 0 spiro atoms. The third-order valence-electron chi connectivity index (χ3n) is 2.91. The van der Waals surface area contributed by atoms with Crippen LogP contribution in [0, 0.1) is 0 Å². The number of rotatable bonds is 1. The van der Waals surface area contributed by atoms with Gasteiger partial charge >= 0.3 is 0 Å². The van der Waals surface area contributed by atoms with E-state index >= 15 is 0 Å². The van der Waals surface area contributed by atoms with Gasteiger partial charge in [-0.2, -0.15) is 0 Å². The van der Waals surface area contributed by atoms with Gasteiger partial charge in [0.25, 0.3) is 0 Å². The van der Waals surface area contributed by atoms with E-state index in [0.29, 0.717) is 0 Å². The Morgan fingerprint density at radius 1 is 0.733 bits per heavy atom. The van der Waals surface area contributed by atoms with E-state index in [1.54, 1.807) is 11.1 Å². The molecule has 0 unspecified atom stereocenters. The summed E-state index contributed by atoms with van der Waals surface area (Å²) in [5, 5.41) is 0. The summed E-state index contributed by atoms with van der Waals surface area (Å²) >= 11 is 0. The molecule has 0 aromatic rings. The van der Waals surface area contributed by atoms with Crippen LogP contribution in [-0.2, 0) is 19.5 Å². The van der Waals surface area contributed by atoms with Crippen molar-refractivity contribution in [2.24, 2.45) is 0 Å². The standard InChI is InChI=1S/C14H18.Ru/c1-2-6-10-13(9-5-1)14-11-7-3-4-8-12-14;/h1,3,5,7,9,11H,2,4,6,8,10,12H2;. The van der Waals surface area contributed by atoms with Crippen molar-refractivity contribution in [3.63, 3.8) is 0 Å². The van der Waals surface area contributed by atoms with Crippen molar-refractivity contribution >= 4 is 0 Å². The van der Waals surface area contributed by atoms with Crippen molar-refractivity contribution in [3.05, 3.63) is 47.6 Å². The summed E-state index contributed by atoms with van der Waals surface area (Å²) in [4.78, 5) is 0. The maximum Gasteiger partial charge on any atom is 0 e. The topological polar surface area (TPSA) is 0 Å². The van der Waals surface area contributed by atoms with Crippen LogP contribution in [0.5, 0.6) is 0 Å². The van der Waals surface area contributed by atoms with Gasteiger partial charge in [0.05, 0.1) is 0 Å². The van der Waals surface area contributed by atoms with E-state index in [-0.39, 0.29) is 19.5 Å². The van der Waals surface area contributed by atoms with Gasteiger partial charge < -0.3 is 0 Å². The Morgan fingerprint density at radius 2 is 1.20 bits per heavy atom. The van der Waals surface area contributed by atoms with E-state index in [1.165, 1.54) is 38.5 Å². The molecule has 0 aromatic heterocycles. The monoisotopic (exact) mass is 288 g/mol. The van der Waals surface area contributed by atoms with Crippen molar-refractivity contribution in [2.75, 3.05) is 0 Å². The summed E-state index contributed by atoms with van der Waals surface area (Å²) in [5.41, 5.74) is 3.12. The molecule has 82 valence electrons. The van der Waals surface area contributed by atoms with Crippen LogP contribution in [0.3, 0.4) is 0 Å². The van der Waals surface area contributed by atoms with Gasteiger partial charge in [0.2, 0.25) is 0 Å². The first-order valence-electron chi connectivity index (χ1n) is 5.68. The summed E-state index contributed by atoms with van der Waals surface area (Å²) in [7, 11) is 0. The van der Waals surface area contributed by atoms with Gasteiger partial charge in [-0.25, -0.2) is 0 Å². The molecule has 0 atom stereocenters. The fourth-order valence-electron chi connectivity index (χ4n) is 2.08. The molecular formula is C14H18Ru. The first-order chi connectivity index (χ1) is 6.97. The minimum atomic E-state index is 0. The fourth-order valence-corrected chi connectivity index (χ4v) is 2.08. The van der Waals surface area contributed by atoms with Gasteiger partial charge in [-0.05, 0) is 49.7 Å². The number of hydrogen-bond acceptors (Lipinski definition) is 0. The van der Waals surface area contributed by atoms with Crippen molar-refractivity contribution in [1.82, 2.24) is 0 Å². The van der Waals surface area contributed by atoms with Gasteiger partial charge in [0, 0.05) is 19.5 Å². The van der Waals surface area contributed by atoms with Gasteiger partial charge in [-0.15, -0.1) is 0 Å². The van der Waals surface area contributed by atoms with Gasteiger partial charge in [-0.3, -0.25) is 0 Å². The van der Waals surface area contributed by atoms with E-state index in [4.69, 9.17) is 0 Å². The Bertz CT molecular complexity index is 273. The minimum absolute atomic E-state index is 0. The van der Waals surface area contributed by atoms with Crippen molar-refractivity contribution in [2.45, 2.75) is 38.5 Å². The Balaban J connectivity index is 0.00000112. The first-order valence-corrected chi connectivity index (χ1v) is 5.68. The van der Waals surface area contributed by atoms with Gasteiger partial charge in [-0.1, -0.05) is 36.5 Å². The van der Waals surface area contributed by atoms with Crippen molar-refractivity contribution < 1.29 is 19.5 Å². The van der Waals surface area contributed by atoms with Gasteiger partial charge in [0.1, 0.15) is 0 Å². The zero-order valence-electron chi connectivity index (χ0n) is 9.06. The average molecular weight is 287 g/mol. The van der Waals surface area contributed by atoms with Crippen LogP contribution in [0.1, 0.15) is 38.5 Å². The molecule has 0 nitrogen and oxygen atoms in total. The molecule has 0 fully saturated rings. The predicted molar refractivity (Wildman–Crippen MR) is 62.1 cm³/mol. The molecule has 0 radical (unpaired) electrons. The molecule has 2 rings (SSSR count). The fraction of sp³-hybridized carbons (Fsp3) is 0.429. The maximum absolute atomic E-state index is 2.30. The molecule has 1 heteroatoms. The van der Waals surface area contributed by atoms with E-state index in [1.807, 2.05) is 0 Å². The molecule has 2 aliphatic carbocycles. The molecule has 0 saturated heterocycles. The number of hydrogen-bond donors (Lipinski definition) is 0. The molecule has 0 heterocycles. The zero-order valence-corrected chi connectivity index (χ0v) is 10.8. The molecule has 0 aromatic carbocycles. The largest absolute Gasteiger partial charge is 0.0845 e. The average Bonchev–Trinajstić information content (AvgIpc) is 2.62. The van der Waals surface area contributed by atoms with E-state index in [2.05, 4.69) is 36.5 Å². The normalized spacial score (nSPS) is 20.8. The van der Waals surface area contributed by atoms with Crippen LogP contribution in [-0.4, -0.2) is 0 Å². The maximum atomic E-state index is 2.30. The molecule has 0 saturated carbocycles. The van der Waals surface area contributed by atoms with Crippen LogP contribution in [0.15, 0.2) is 47.6 Å². The molecular weight excluding hydrogens is 269 g/mol. The predicted octanol–water partition coefficient (Wildman–Crippen LogP) is 4.32. The van der Waals surface area contributed by atoms with E-state index in [9.17, 15) is 0 Å². The minimum Gasteiger partial charge on any atom is -0.0845 e. The third-order valence-corrected chi connectivity index (χ3v) is 2.91. The van der Waals surface area contributed by atoms with Crippen molar-refractivity contribution in [3.8, 4) is 0 Å². The molecule has 0 aliphatic heterocycles. The molecule has 0 bridgehead atoms. The molecule has 0 N–H and O–H groups in total. The first kappa shape index (κ1) is 12.7. The summed E-state index contributed by atoms with van der Waals surface area (Å²) in [6.45, 7) is 0. The summed E-state index contributed by atoms with van der Waals surface area (Å²) in [6.07, 6.45) is 21.2. The van der Waals surface area contributed by atoms with Gasteiger partial charge in [0.15, 0.2) is 0 Å². The smallest absolute Gasteiger partial charge is 0 e. The van der Waals surface area contributed by atoms with E-state index < -0.39 is 0 Å². The van der Waals surface area contributed by atoms with Crippen molar-refractivity contribution in [1.29, 1.82) is 0 Å². The van der Waals surface area contributed by atoms with Crippen LogP contribution >= 0.6 is 0 Å². The summed E-state index contributed by atoms with van der Waals surface area (Å²) in [6, 6.07) is 0. The van der Waals surface area contributed by atoms with E-state index in [0.717, 1.165) is 0 Å². The number of allylic oxidation sites excluding steroid dienone is 8. The van der Waals surface area contributed by atoms with Crippen LogP contribution in [0.4, 0.5) is 0 Å².